The van der Waals surface area contributed by atoms with Gasteiger partial charge in [0.2, 0.25) is 0 Å². The van der Waals surface area contributed by atoms with E-state index in [0.29, 0.717) is 0 Å². The predicted molar refractivity (Wildman–Crippen MR) is 103 cm³/mol. The van der Waals surface area contributed by atoms with Crippen LogP contribution in [-0.4, -0.2) is 39.0 Å². The molecule has 0 amide bonds. The molecule has 0 saturated heterocycles. The van der Waals surface area contributed by atoms with Crippen molar-refractivity contribution in [3.63, 3.8) is 0 Å². The van der Waals surface area contributed by atoms with Crippen molar-refractivity contribution in [2.24, 2.45) is 0 Å². The quantitative estimate of drug-likeness (QED) is 0.225. The fourth-order valence-corrected chi connectivity index (χ4v) is 2.74. The van der Waals surface area contributed by atoms with E-state index in [0.717, 1.165) is 13.3 Å². The van der Waals surface area contributed by atoms with Gasteiger partial charge in [-0.1, -0.05) is 25.8 Å². The first-order valence-electron chi connectivity index (χ1n) is 9.64. The van der Waals surface area contributed by atoms with Crippen LogP contribution < -0.4 is 0 Å². The topological polar surface area (TPSA) is 37.3 Å². The van der Waals surface area contributed by atoms with E-state index in [2.05, 4.69) is 31.2 Å². The van der Waals surface area contributed by atoms with E-state index < -0.39 is 5.97 Å². The van der Waals surface area contributed by atoms with Crippen LogP contribution in [0.25, 0.3) is 0 Å². The summed E-state index contributed by atoms with van der Waals surface area (Å²) < 4.78 is 1.49. The number of unbranched alkanes of at least 4 members (excludes halogenated alkanes) is 9. The van der Waals surface area contributed by atoms with Gasteiger partial charge in [0, 0.05) is 6.92 Å². The molecule has 0 fully saturated rings. The first-order chi connectivity index (χ1) is 11.1. The maximum atomic E-state index is 9.00. The number of aliphatic carboxylic acids is 1. The van der Waals surface area contributed by atoms with E-state index in [1.807, 2.05) is 0 Å². The molecule has 0 radical (unpaired) electrons. The van der Waals surface area contributed by atoms with Crippen molar-refractivity contribution >= 4 is 33.9 Å². The Morgan fingerprint density at radius 1 is 0.826 bits per heavy atom. The fourth-order valence-electron chi connectivity index (χ4n) is 2.24. The summed E-state index contributed by atoms with van der Waals surface area (Å²) in [7, 11) is 0. The molecule has 23 heavy (non-hydrogen) atoms. The van der Waals surface area contributed by atoms with Crippen LogP contribution in [0.2, 0.25) is 3.67 Å². The summed E-state index contributed by atoms with van der Waals surface area (Å²) in [5.74, 6) is -0.833. The third kappa shape index (κ3) is 34.3. The second kappa shape index (κ2) is 24.2. The van der Waals surface area contributed by atoms with Crippen molar-refractivity contribution < 1.29 is 9.90 Å². The third-order valence-electron chi connectivity index (χ3n) is 3.55. The number of carboxylic acid groups (broad SMARTS) is 1. The van der Waals surface area contributed by atoms with E-state index in [1.165, 1.54) is 102 Å². The van der Waals surface area contributed by atoms with Gasteiger partial charge in [-0.2, -0.15) is 0 Å². The molecule has 3 heteroatoms. The Kier molecular flexibility index (Phi) is 26.5. The second-order valence-corrected chi connectivity index (χ2v) is 7.10. The summed E-state index contributed by atoms with van der Waals surface area (Å²) in [5, 5.41) is 7.42. The molecule has 0 rings (SSSR count). The number of hydrogen-bond acceptors (Lipinski definition) is 1. The van der Waals surface area contributed by atoms with Gasteiger partial charge >= 0.3 is 101 Å². The summed E-state index contributed by atoms with van der Waals surface area (Å²) in [4.78, 5) is 9.00. The van der Waals surface area contributed by atoms with Crippen LogP contribution in [-0.2, 0) is 4.79 Å². The Balaban J connectivity index is 0. The molecule has 0 aromatic rings. The SMILES string of the molecule is CC(=O)O.CCCCC/C=C\C/C=C\CCCCCCC[CH2][Na]. The molecule has 0 atom stereocenters. The normalized spacial score (nSPS) is 11.0. The number of hydrogen-bond donors (Lipinski definition) is 1. The van der Waals surface area contributed by atoms with Gasteiger partial charge in [0.1, 0.15) is 0 Å². The number of allylic oxidation sites excluding steroid dienone is 4. The standard InChI is InChI=1S/C18H33.C2H4O2.Na/c1-3-5-7-9-11-13-15-17-18-16-14-12-10-8-6-4-2;1-2(3)4;/h12,14,17-18H,1,3-11,13,15-16H2,2H3;1H3,(H,3,4);/b14-12-,18-17-;;. The third-order valence-corrected chi connectivity index (χ3v) is 4.26. The monoisotopic (exact) mass is 332 g/mol. The van der Waals surface area contributed by atoms with Crippen LogP contribution >= 0.6 is 0 Å². The summed E-state index contributed by atoms with van der Waals surface area (Å²) in [6.45, 7) is 3.35. The van der Waals surface area contributed by atoms with Crippen molar-refractivity contribution in [1.29, 1.82) is 0 Å². The molecule has 0 aliphatic carbocycles. The van der Waals surface area contributed by atoms with Gasteiger partial charge in [0.25, 0.3) is 5.97 Å². The first-order valence-corrected chi connectivity index (χ1v) is 11.1. The maximum absolute atomic E-state index is 9.00. The van der Waals surface area contributed by atoms with E-state index in [1.54, 1.807) is 0 Å². The van der Waals surface area contributed by atoms with Crippen LogP contribution in [0.1, 0.15) is 90.9 Å². The van der Waals surface area contributed by atoms with E-state index in [4.69, 9.17) is 9.90 Å². The zero-order valence-corrected chi connectivity index (χ0v) is 17.9. The molecule has 0 aromatic carbocycles. The zero-order valence-electron chi connectivity index (χ0n) is 15.9. The molecule has 0 aliphatic rings. The predicted octanol–water partition coefficient (Wildman–Crippen LogP) is 6.48. The van der Waals surface area contributed by atoms with Crippen LogP contribution in [0.4, 0.5) is 0 Å². The van der Waals surface area contributed by atoms with E-state index in [9.17, 15) is 0 Å². The summed E-state index contributed by atoms with van der Waals surface area (Å²) >= 11 is 1.40. The van der Waals surface area contributed by atoms with Gasteiger partial charge in [-0.15, -0.1) is 0 Å². The molecular formula is C20H37NaO2. The van der Waals surface area contributed by atoms with Gasteiger partial charge in [0.05, 0.1) is 0 Å². The molecule has 0 aliphatic heterocycles. The molecular weight excluding hydrogens is 295 g/mol. The van der Waals surface area contributed by atoms with Gasteiger partial charge in [-0.3, -0.25) is 4.79 Å². The van der Waals surface area contributed by atoms with Crippen LogP contribution in [0, 0.1) is 0 Å². The molecule has 0 saturated carbocycles. The molecule has 1 N–H and O–H groups in total. The second-order valence-electron chi connectivity index (χ2n) is 6.10. The van der Waals surface area contributed by atoms with Gasteiger partial charge < -0.3 is 5.11 Å². The molecule has 0 bridgehead atoms. The van der Waals surface area contributed by atoms with Crippen molar-refractivity contribution in [1.82, 2.24) is 0 Å². The average molecular weight is 333 g/mol. The van der Waals surface area contributed by atoms with Crippen molar-refractivity contribution in [2.75, 3.05) is 0 Å². The number of carboxylic acids is 1. The molecule has 0 unspecified atom stereocenters. The molecule has 2 nitrogen and oxygen atoms in total. The van der Waals surface area contributed by atoms with Crippen LogP contribution in [0.5, 0.6) is 0 Å². The van der Waals surface area contributed by atoms with Crippen molar-refractivity contribution in [3.05, 3.63) is 24.3 Å². The minimum atomic E-state index is -0.833. The summed E-state index contributed by atoms with van der Waals surface area (Å²) in [6.07, 6.45) is 25.8. The Morgan fingerprint density at radius 2 is 1.26 bits per heavy atom. The van der Waals surface area contributed by atoms with E-state index >= 15 is 0 Å². The Labute approximate surface area is 162 Å². The van der Waals surface area contributed by atoms with Crippen molar-refractivity contribution in [3.8, 4) is 0 Å². The Hall–Kier alpha value is -0.0500. The number of carbonyl (C=O) groups is 1. The van der Waals surface area contributed by atoms with Gasteiger partial charge in [0.15, 0.2) is 0 Å². The van der Waals surface area contributed by atoms with E-state index in [-0.39, 0.29) is 0 Å². The van der Waals surface area contributed by atoms with Crippen molar-refractivity contribution in [2.45, 2.75) is 94.6 Å². The first kappa shape index (κ1) is 25.2. The molecule has 0 heterocycles. The number of rotatable bonds is 14. The molecule has 0 aromatic heterocycles. The Morgan fingerprint density at radius 3 is 1.74 bits per heavy atom. The average Bonchev–Trinajstić information content (AvgIpc) is 2.50. The molecule has 0 spiro atoms. The zero-order chi connectivity index (χ0) is 17.6. The van der Waals surface area contributed by atoms with Crippen LogP contribution in [0.15, 0.2) is 24.3 Å². The van der Waals surface area contributed by atoms with Gasteiger partial charge in [-0.05, 0) is 12.8 Å². The summed E-state index contributed by atoms with van der Waals surface area (Å²) in [5.41, 5.74) is 0. The summed E-state index contributed by atoms with van der Waals surface area (Å²) in [6, 6.07) is 0. The van der Waals surface area contributed by atoms with Gasteiger partial charge in [-0.25, -0.2) is 0 Å². The fraction of sp³-hybridized carbons (Fsp3) is 0.750. The molecule has 130 valence electrons. The minimum absolute atomic E-state index is 0.833. The van der Waals surface area contributed by atoms with Crippen LogP contribution in [0.3, 0.4) is 0 Å². The Bertz CT molecular complexity index is 281.